The van der Waals surface area contributed by atoms with Crippen molar-refractivity contribution >= 4 is 17.5 Å². The summed E-state index contributed by atoms with van der Waals surface area (Å²) in [4.78, 5) is 12.1. The van der Waals surface area contributed by atoms with Crippen LogP contribution in [0.5, 0.6) is 0 Å². The molecule has 0 aromatic heterocycles. The van der Waals surface area contributed by atoms with Gasteiger partial charge in [0, 0.05) is 11.9 Å². The second-order valence-corrected chi connectivity index (χ2v) is 5.88. The van der Waals surface area contributed by atoms with Crippen LogP contribution < -0.4 is 5.32 Å². The van der Waals surface area contributed by atoms with Crippen molar-refractivity contribution in [3.63, 3.8) is 0 Å². The van der Waals surface area contributed by atoms with E-state index in [4.69, 9.17) is 11.6 Å². The molecular weight excluding hydrogens is 258 g/mol. The number of rotatable bonds is 6. The second-order valence-electron chi connectivity index (χ2n) is 5.50. The molecule has 1 aromatic carbocycles. The van der Waals surface area contributed by atoms with Crippen LogP contribution in [0, 0.1) is 19.8 Å². The Labute approximate surface area is 121 Å². The Balaban J connectivity index is 2.66. The second kappa shape index (κ2) is 7.54. The molecule has 2 nitrogen and oxygen atoms in total. The van der Waals surface area contributed by atoms with Crippen LogP contribution in [0.1, 0.15) is 37.0 Å². The van der Waals surface area contributed by atoms with E-state index in [1.807, 2.05) is 13.8 Å². The fourth-order valence-corrected chi connectivity index (χ4v) is 2.35. The molecule has 1 N–H and O–H groups in total. The van der Waals surface area contributed by atoms with E-state index in [0.717, 1.165) is 12.0 Å². The largest absolute Gasteiger partial charge is 0.353 e. The quantitative estimate of drug-likeness (QED) is 0.793. The molecule has 1 rings (SSSR count). The van der Waals surface area contributed by atoms with Gasteiger partial charge in [-0.05, 0) is 37.3 Å². The Hall–Kier alpha value is -1.02. The number of benzene rings is 1. The number of carbonyl (C=O) groups excluding carboxylic acids is 1. The molecule has 0 spiro atoms. The highest BCUT2D eigenvalue weighted by molar-refractivity contribution is 6.17. The highest BCUT2D eigenvalue weighted by atomic mass is 35.5. The van der Waals surface area contributed by atoms with Gasteiger partial charge in [-0.25, -0.2) is 0 Å². The van der Waals surface area contributed by atoms with Crippen molar-refractivity contribution < 1.29 is 4.79 Å². The van der Waals surface area contributed by atoms with E-state index in [9.17, 15) is 4.79 Å². The van der Waals surface area contributed by atoms with Crippen LogP contribution in [0.3, 0.4) is 0 Å². The zero-order valence-electron chi connectivity index (χ0n) is 12.3. The van der Waals surface area contributed by atoms with Crippen molar-refractivity contribution in [3.8, 4) is 0 Å². The van der Waals surface area contributed by atoms with Gasteiger partial charge in [-0.1, -0.05) is 37.6 Å². The first-order chi connectivity index (χ1) is 8.93. The summed E-state index contributed by atoms with van der Waals surface area (Å²) >= 11 is 5.78. The molecule has 0 aliphatic heterocycles. The van der Waals surface area contributed by atoms with Crippen molar-refractivity contribution in [2.45, 2.75) is 46.6 Å². The van der Waals surface area contributed by atoms with Crippen LogP contribution >= 0.6 is 11.6 Å². The van der Waals surface area contributed by atoms with Crippen LogP contribution in [0.2, 0.25) is 0 Å². The van der Waals surface area contributed by atoms with Crippen LogP contribution in [0.15, 0.2) is 18.2 Å². The van der Waals surface area contributed by atoms with Crippen molar-refractivity contribution in [2.75, 3.05) is 5.88 Å². The zero-order valence-corrected chi connectivity index (χ0v) is 13.1. The molecule has 0 aliphatic carbocycles. The molecule has 0 saturated heterocycles. The maximum absolute atomic E-state index is 12.1. The van der Waals surface area contributed by atoms with Crippen molar-refractivity contribution in [2.24, 2.45) is 5.92 Å². The lowest BCUT2D eigenvalue weighted by atomic mass is 9.99. The lowest BCUT2D eigenvalue weighted by Crippen LogP contribution is -2.39. The smallest absolute Gasteiger partial charge is 0.224 e. The number of hydrogen-bond acceptors (Lipinski definition) is 1. The van der Waals surface area contributed by atoms with Crippen LogP contribution in [0.4, 0.5) is 0 Å². The molecule has 1 aromatic rings. The van der Waals surface area contributed by atoms with E-state index in [1.165, 1.54) is 11.1 Å². The molecule has 3 heteroatoms. The molecular formula is C16H24ClNO. The van der Waals surface area contributed by atoms with E-state index in [0.29, 0.717) is 18.2 Å². The van der Waals surface area contributed by atoms with E-state index < -0.39 is 0 Å². The van der Waals surface area contributed by atoms with Gasteiger partial charge < -0.3 is 5.32 Å². The molecule has 0 fully saturated rings. The van der Waals surface area contributed by atoms with Gasteiger partial charge in [0.25, 0.3) is 0 Å². The normalized spacial score (nSPS) is 12.5. The molecule has 0 heterocycles. The molecule has 0 aliphatic rings. The number of nitrogens with one attached hydrogen (secondary N) is 1. The van der Waals surface area contributed by atoms with Gasteiger partial charge in [-0.15, -0.1) is 11.6 Å². The molecule has 106 valence electrons. The maximum atomic E-state index is 12.1. The lowest BCUT2D eigenvalue weighted by molar-refractivity contribution is -0.121. The Morgan fingerprint density at radius 2 is 2.00 bits per heavy atom. The number of aryl methyl sites for hydroxylation is 2. The highest BCUT2D eigenvalue weighted by Crippen LogP contribution is 2.12. The summed E-state index contributed by atoms with van der Waals surface area (Å²) in [6, 6.07) is 6.38. The lowest BCUT2D eigenvalue weighted by Gasteiger charge is -2.21. The minimum absolute atomic E-state index is 0.0810. The Morgan fingerprint density at radius 3 is 2.58 bits per heavy atom. The van der Waals surface area contributed by atoms with E-state index in [1.54, 1.807) is 0 Å². The van der Waals surface area contributed by atoms with Crippen LogP contribution in [0.25, 0.3) is 0 Å². The first-order valence-corrected chi connectivity index (χ1v) is 7.39. The van der Waals surface area contributed by atoms with Gasteiger partial charge in [0.05, 0.1) is 6.42 Å². The monoisotopic (exact) mass is 281 g/mol. The van der Waals surface area contributed by atoms with Crippen molar-refractivity contribution in [1.29, 1.82) is 0 Å². The van der Waals surface area contributed by atoms with E-state index in [-0.39, 0.29) is 11.9 Å². The fraction of sp³-hybridized carbons (Fsp3) is 0.562. The summed E-state index contributed by atoms with van der Waals surface area (Å²) in [7, 11) is 0. The van der Waals surface area contributed by atoms with Crippen molar-refractivity contribution in [3.05, 3.63) is 34.9 Å². The van der Waals surface area contributed by atoms with Crippen LogP contribution in [-0.4, -0.2) is 17.8 Å². The molecule has 1 atom stereocenters. The molecule has 0 bridgehead atoms. The summed E-state index contributed by atoms with van der Waals surface area (Å²) in [5.74, 6) is 1.06. The third-order valence-electron chi connectivity index (χ3n) is 3.43. The predicted octanol–water partition coefficient (Wildman–Crippen LogP) is 3.62. The number of hydrogen-bond donors (Lipinski definition) is 1. The Morgan fingerprint density at radius 1 is 1.32 bits per heavy atom. The fourth-order valence-electron chi connectivity index (χ4n) is 2.11. The summed E-state index contributed by atoms with van der Waals surface area (Å²) in [5, 5.41) is 3.09. The summed E-state index contributed by atoms with van der Waals surface area (Å²) in [6.45, 7) is 8.30. The van der Waals surface area contributed by atoms with Gasteiger partial charge in [-0.2, -0.15) is 0 Å². The van der Waals surface area contributed by atoms with Gasteiger partial charge >= 0.3 is 0 Å². The number of halogens is 1. The first-order valence-electron chi connectivity index (χ1n) is 6.85. The van der Waals surface area contributed by atoms with E-state index >= 15 is 0 Å². The minimum Gasteiger partial charge on any atom is -0.353 e. The third-order valence-corrected chi connectivity index (χ3v) is 3.65. The van der Waals surface area contributed by atoms with Gasteiger partial charge in [-0.3, -0.25) is 4.79 Å². The molecule has 1 amide bonds. The number of carbonyl (C=O) groups is 1. The van der Waals surface area contributed by atoms with Gasteiger partial charge in [0.2, 0.25) is 5.91 Å². The maximum Gasteiger partial charge on any atom is 0.224 e. The average Bonchev–Trinajstić information content (AvgIpc) is 2.33. The molecule has 0 radical (unpaired) electrons. The SMILES string of the molecule is Cc1ccc(C)c(CC(=O)NC(CCCl)C(C)C)c1. The zero-order chi connectivity index (χ0) is 14.4. The first kappa shape index (κ1) is 16.0. The Bertz CT molecular complexity index is 429. The molecule has 19 heavy (non-hydrogen) atoms. The third kappa shape index (κ3) is 5.23. The summed E-state index contributed by atoms with van der Waals surface area (Å²) in [5.41, 5.74) is 3.46. The summed E-state index contributed by atoms with van der Waals surface area (Å²) < 4.78 is 0. The predicted molar refractivity (Wildman–Crippen MR) is 81.7 cm³/mol. The number of alkyl halides is 1. The number of amides is 1. The Kier molecular flexibility index (Phi) is 6.36. The topological polar surface area (TPSA) is 29.1 Å². The van der Waals surface area contributed by atoms with Gasteiger partial charge in [0.15, 0.2) is 0 Å². The van der Waals surface area contributed by atoms with E-state index in [2.05, 4.69) is 37.4 Å². The minimum atomic E-state index is 0.0810. The highest BCUT2D eigenvalue weighted by Gasteiger charge is 2.16. The van der Waals surface area contributed by atoms with Crippen LogP contribution in [-0.2, 0) is 11.2 Å². The molecule has 0 saturated carbocycles. The van der Waals surface area contributed by atoms with Crippen molar-refractivity contribution in [1.82, 2.24) is 5.32 Å². The average molecular weight is 282 g/mol. The standard InChI is InChI=1S/C16H24ClNO/c1-11(2)15(7-8-17)18-16(19)10-14-9-12(3)5-6-13(14)4/h5-6,9,11,15H,7-8,10H2,1-4H3,(H,18,19). The summed E-state index contributed by atoms with van der Waals surface area (Å²) in [6.07, 6.45) is 1.26. The van der Waals surface area contributed by atoms with Gasteiger partial charge in [0.1, 0.15) is 0 Å². The molecule has 1 unspecified atom stereocenters.